The Labute approximate surface area is 101 Å². The molecule has 0 bridgehead atoms. The van der Waals surface area contributed by atoms with Crippen LogP contribution in [0.3, 0.4) is 0 Å². The zero-order chi connectivity index (χ0) is 13.3. The van der Waals surface area contributed by atoms with Gasteiger partial charge in [0, 0.05) is 12.4 Å². The van der Waals surface area contributed by atoms with Gasteiger partial charge < -0.3 is 5.32 Å². The van der Waals surface area contributed by atoms with E-state index in [1.165, 1.54) is 0 Å². The molecule has 1 atom stereocenters. The number of carbonyl (C=O) groups is 2. The van der Waals surface area contributed by atoms with Crippen molar-refractivity contribution in [2.75, 3.05) is 12.4 Å². The van der Waals surface area contributed by atoms with Gasteiger partial charge in [-0.3, -0.25) is 9.69 Å². The molecule has 17 heavy (non-hydrogen) atoms. The summed E-state index contributed by atoms with van der Waals surface area (Å²) in [5.41, 5.74) is -2.81. The van der Waals surface area contributed by atoms with Gasteiger partial charge in [-0.15, -0.1) is 11.6 Å². The first-order valence-corrected chi connectivity index (χ1v) is 5.54. The number of urea groups is 1. The molecular formula is C9H12ClF3N2O2. The first-order valence-electron chi connectivity index (χ1n) is 5.01. The van der Waals surface area contributed by atoms with Gasteiger partial charge >= 0.3 is 12.2 Å². The van der Waals surface area contributed by atoms with Crippen LogP contribution in [-0.4, -0.2) is 41.0 Å². The number of amides is 3. The number of unbranched alkanes of at least 4 members (excludes halogenated alkanes) is 1. The fourth-order valence-electron chi connectivity index (χ4n) is 1.46. The van der Waals surface area contributed by atoms with Crippen molar-refractivity contribution in [2.45, 2.75) is 31.5 Å². The molecule has 1 saturated heterocycles. The van der Waals surface area contributed by atoms with Gasteiger partial charge in [0.25, 0.3) is 5.91 Å². The van der Waals surface area contributed by atoms with E-state index in [-0.39, 0.29) is 6.54 Å². The SMILES string of the molecule is CC1(C(F)(F)F)NC(=O)N(CCCCCl)C1=O. The van der Waals surface area contributed by atoms with Crippen LogP contribution in [0.15, 0.2) is 0 Å². The third-order valence-corrected chi connectivity index (χ3v) is 2.87. The summed E-state index contributed by atoms with van der Waals surface area (Å²) in [6, 6.07) is -1.01. The van der Waals surface area contributed by atoms with E-state index in [2.05, 4.69) is 0 Å². The van der Waals surface area contributed by atoms with E-state index in [4.69, 9.17) is 11.6 Å². The number of imide groups is 1. The molecule has 3 amide bonds. The molecule has 0 aromatic heterocycles. The number of nitrogens with one attached hydrogen (secondary N) is 1. The summed E-state index contributed by atoms with van der Waals surface area (Å²) in [6.07, 6.45) is -3.89. The fraction of sp³-hybridized carbons (Fsp3) is 0.778. The second kappa shape index (κ2) is 4.72. The molecule has 1 aliphatic heterocycles. The molecule has 1 N–H and O–H groups in total. The molecular weight excluding hydrogens is 261 g/mol. The van der Waals surface area contributed by atoms with Crippen molar-refractivity contribution in [1.82, 2.24) is 10.2 Å². The van der Waals surface area contributed by atoms with Crippen LogP contribution in [0.4, 0.5) is 18.0 Å². The van der Waals surface area contributed by atoms with Gasteiger partial charge in [-0.05, 0) is 19.8 Å². The molecule has 4 nitrogen and oxygen atoms in total. The summed E-state index contributed by atoms with van der Waals surface area (Å²) >= 11 is 5.40. The lowest BCUT2D eigenvalue weighted by atomic mass is 10.0. The number of rotatable bonds is 4. The number of alkyl halides is 4. The van der Waals surface area contributed by atoms with Crippen LogP contribution in [0.1, 0.15) is 19.8 Å². The normalized spacial score (nSPS) is 25.4. The molecule has 1 fully saturated rings. The Morgan fingerprint density at radius 1 is 1.35 bits per heavy atom. The molecule has 1 rings (SSSR count). The Morgan fingerprint density at radius 2 is 1.94 bits per heavy atom. The highest BCUT2D eigenvalue weighted by atomic mass is 35.5. The number of carbonyl (C=O) groups excluding carboxylic acids is 2. The minimum absolute atomic E-state index is 0.0525. The van der Waals surface area contributed by atoms with Crippen molar-refractivity contribution < 1.29 is 22.8 Å². The van der Waals surface area contributed by atoms with Crippen molar-refractivity contribution in [3.05, 3.63) is 0 Å². The molecule has 0 saturated carbocycles. The van der Waals surface area contributed by atoms with E-state index in [1.807, 2.05) is 0 Å². The molecule has 0 spiro atoms. The Morgan fingerprint density at radius 3 is 2.35 bits per heavy atom. The van der Waals surface area contributed by atoms with Gasteiger partial charge in [0.1, 0.15) is 0 Å². The van der Waals surface area contributed by atoms with Crippen molar-refractivity contribution >= 4 is 23.5 Å². The second-order valence-electron chi connectivity index (χ2n) is 3.91. The maximum atomic E-state index is 12.6. The summed E-state index contributed by atoms with van der Waals surface area (Å²) in [5, 5.41) is 1.68. The summed E-state index contributed by atoms with van der Waals surface area (Å²) in [6.45, 7) is 0.609. The van der Waals surface area contributed by atoms with E-state index in [0.29, 0.717) is 30.5 Å². The van der Waals surface area contributed by atoms with Crippen LogP contribution in [0.2, 0.25) is 0 Å². The molecule has 98 valence electrons. The maximum absolute atomic E-state index is 12.6. The van der Waals surface area contributed by atoms with Gasteiger partial charge in [-0.2, -0.15) is 13.2 Å². The van der Waals surface area contributed by atoms with Crippen LogP contribution < -0.4 is 5.32 Å². The Balaban J connectivity index is 2.79. The van der Waals surface area contributed by atoms with Crippen LogP contribution >= 0.6 is 11.6 Å². The number of hydrogen-bond donors (Lipinski definition) is 1. The van der Waals surface area contributed by atoms with Crippen molar-refractivity contribution in [2.24, 2.45) is 0 Å². The zero-order valence-electron chi connectivity index (χ0n) is 9.10. The Bertz CT molecular complexity index is 335. The lowest BCUT2D eigenvalue weighted by Crippen LogP contribution is -2.56. The van der Waals surface area contributed by atoms with Gasteiger partial charge in [0.15, 0.2) is 0 Å². The van der Waals surface area contributed by atoms with Crippen LogP contribution in [-0.2, 0) is 4.79 Å². The number of nitrogens with zero attached hydrogens (tertiary/aromatic N) is 1. The summed E-state index contributed by atoms with van der Waals surface area (Å²) in [7, 11) is 0. The fourth-order valence-corrected chi connectivity index (χ4v) is 1.65. The standard InChI is InChI=1S/C9H12ClF3N2O2/c1-8(9(11,12)13)6(16)15(7(17)14-8)5-3-2-4-10/h2-5H2,1H3,(H,14,17). The third-order valence-electron chi connectivity index (χ3n) is 2.61. The molecule has 1 aliphatic rings. The lowest BCUT2D eigenvalue weighted by molar-refractivity contribution is -0.191. The predicted octanol–water partition coefficient (Wildman–Crippen LogP) is 1.88. The highest BCUT2D eigenvalue weighted by Crippen LogP contribution is 2.35. The second-order valence-corrected chi connectivity index (χ2v) is 4.28. The minimum Gasteiger partial charge on any atom is -0.316 e. The summed E-state index contributed by atoms with van der Waals surface area (Å²) in [4.78, 5) is 23.5. The molecule has 1 unspecified atom stereocenters. The van der Waals surface area contributed by atoms with Crippen LogP contribution in [0.5, 0.6) is 0 Å². The highest BCUT2D eigenvalue weighted by molar-refractivity contribution is 6.17. The van der Waals surface area contributed by atoms with Gasteiger partial charge in [0.05, 0.1) is 0 Å². The maximum Gasteiger partial charge on any atom is 0.420 e. The quantitative estimate of drug-likeness (QED) is 0.483. The molecule has 8 heteroatoms. The molecule has 0 radical (unpaired) electrons. The summed E-state index contributed by atoms with van der Waals surface area (Å²) < 4.78 is 37.9. The number of hydrogen-bond acceptors (Lipinski definition) is 2. The number of halogens is 4. The Hall–Kier alpha value is -0.980. The Kier molecular flexibility index (Phi) is 3.91. The average molecular weight is 273 g/mol. The van der Waals surface area contributed by atoms with Crippen molar-refractivity contribution in [3.63, 3.8) is 0 Å². The monoisotopic (exact) mass is 272 g/mol. The molecule has 0 aromatic rings. The van der Waals surface area contributed by atoms with Gasteiger partial charge in [0.2, 0.25) is 5.54 Å². The molecule has 1 heterocycles. The van der Waals surface area contributed by atoms with E-state index in [9.17, 15) is 22.8 Å². The molecule has 0 aromatic carbocycles. The van der Waals surface area contributed by atoms with E-state index in [1.54, 1.807) is 5.32 Å². The minimum atomic E-state index is -4.80. The van der Waals surface area contributed by atoms with Crippen molar-refractivity contribution in [1.29, 1.82) is 0 Å². The summed E-state index contributed by atoms with van der Waals surface area (Å²) in [5.74, 6) is -0.926. The third kappa shape index (κ3) is 2.48. The zero-order valence-corrected chi connectivity index (χ0v) is 9.86. The first-order chi connectivity index (χ1) is 7.74. The predicted molar refractivity (Wildman–Crippen MR) is 54.7 cm³/mol. The first kappa shape index (κ1) is 14.1. The van der Waals surface area contributed by atoms with E-state index < -0.39 is 23.7 Å². The van der Waals surface area contributed by atoms with Crippen LogP contribution in [0, 0.1) is 0 Å². The highest BCUT2D eigenvalue weighted by Gasteiger charge is 2.64. The van der Waals surface area contributed by atoms with Crippen LogP contribution in [0.25, 0.3) is 0 Å². The van der Waals surface area contributed by atoms with Gasteiger partial charge in [-0.1, -0.05) is 0 Å². The van der Waals surface area contributed by atoms with E-state index >= 15 is 0 Å². The smallest absolute Gasteiger partial charge is 0.316 e. The molecule has 0 aliphatic carbocycles. The average Bonchev–Trinajstić information content (AvgIpc) is 2.42. The largest absolute Gasteiger partial charge is 0.420 e. The lowest BCUT2D eigenvalue weighted by Gasteiger charge is -2.24. The topological polar surface area (TPSA) is 49.4 Å². The van der Waals surface area contributed by atoms with E-state index in [0.717, 1.165) is 0 Å². The van der Waals surface area contributed by atoms with Gasteiger partial charge in [-0.25, -0.2) is 4.79 Å². The van der Waals surface area contributed by atoms with Crippen molar-refractivity contribution in [3.8, 4) is 0 Å².